The first kappa shape index (κ1) is 18.1. The van der Waals surface area contributed by atoms with Gasteiger partial charge < -0.3 is 24.3 Å². The molecule has 8 nitrogen and oxygen atoms in total. The van der Waals surface area contributed by atoms with E-state index in [0.717, 1.165) is 0 Å². The topological polar surface area (TPSA) is 105 Å². The Morgan fingerprint density at radius 3 is 2.52 bits per heavy atom. The second-order valence-electron chi connectivity index (χ2n) is 5.55. The highest BCUT2D eigenvalue weighted by Crippen LogP contribution is 2.43. The highest BCUT2D eigenvalue weighted by atomic mass is 16.5. The number of carbonyl (C=O) groups is 1. The Hall–Kier alpha value is -3.68. The number of amides is 1. The zero-order valence-corrected chi connectivity index (χ0v) is 15.1. The van der Waals surface area contributed by atoms with E-state index < -0.39 is 5.91 Å². The molecule has 1 aromatic heterocycles. The molecule has 8 heteroatoms. The second-order valence-corrected chi connectivity index (χ2v) is 5.55. The molecule has 0 radical (unpaired) electrons. The Morgan fingerprint density at radius 1 is 1.11 bits per heavy atom. The van der Waals surface area contributed by atoms with Gasteiger partial charge in [-0.1, -0.05) is 12.1 Å². The smallest absolute Gasteiger partial charge is 0.287 e. The Morgan fingerprint density at radius 2 is 1.85 bits per heavy atom. The number of aromatic hydroxyl groups is 1. The lowest BCUT2D eigenvalue weighted by molar-refractivity contribution is 0.0951. The van der Waals surface area contributed by atoms with Crippen molar-refractivity contribution in [1.29, 1.82) is 0 Å². The largest absolute Gasteiger partial charge is 0.507 e. The predicted molar refractivity (Wildman–Crippen MR) is 101 cm³/mol. The highest BCUT2D eigenvalue weighted by Gasteiger charge is 2.19. The number of phenols is 1. The number of hydrazone groups is 1. The van der Waals surface area contributed by atoms with Crippen LogP contribution in [-0.4, -0.2) is 43.5 Å². The normalized spacial score (nSPS) is 10.9. The number of nitrogens with one attached hydrogen (secondary N) is 2. The van der Waals surface area contributed by atoms with Crippen LogP contribution in [0, 0.1) is 0 Å². The van der Waals surface area contributed by atoms with Gasteiger partial charge >= 0.3 is 0 Å². The van der Waals surface area contributed by atoms with E-state index in [4.69, 9.17) is 14.2 Å². The molecule has 3 aromatic rings. The lowest BCUT2D eigenvalue weighted by Crippen LogP contribution is -2.17. The molecule has 27 heavy (non-hydrogen) atoms. The van der Waals surface area contributed by atoms with Gasteiger partial charge in [-0.05, 0) is 18.2 Å². The number of phenolic OH excluding ortho intramolecular Hbond substituents is 1. The third-order valence-electron chi connectivity index (χ3n) is 3.98. The summed E-state index contributed by atoms with van der Waals surface area (Å²) in [7, 11) is 4.55. The molecule has 0 saturated carbocycles. The maximum atomic E-state index is 12.4. The van der Waals surface area contributed by atoms with Gasteiger partial charge in [0.25, 0.3) is 5.91 Å². The molecule has 0 aliphatic carbocycles. The summed E-state index contributed by atoms with van der Waals surface area (Å²) in [5.41, 5.74) is 3.84. The predicted octanol–water partition coefficient (Wildman–Crippen LogP) is 2.66. The molecule has 0 fully saturated rings. The van der Waals surface area contributed by atoms with Crippen LogP contribution in [0.3, 0.4) is 0 Å². The molecule has 0 spiro atoms. The molecule has 1 amide bonds. The standard InChI is InChI=1S/C19H19N3O5/c1-25-16-9-13-12(17(26-2)18(16)27-3)8-14(21-13)19(24)22-20-10-11-6-4-5-7-15(11)23/h4-10,21,23H,1-3H3,(H,22,24)/b20-10+. The van der Waals surface area contributed by atoms with Crippen molar-refractivity contribution in [3.63, 3.8) is 0 Å². The average molecular weight is 369 g/mol. The van der Waals surface area contributed by atoms with Crippen LogP contribution in [0.1, 0.15) is 16.1 Å². The number of carbonyl (C=O) groups excluding carboxylic acids is 1. The summed E-state index contributed by atoms with van der Waals surface area (Å²) >= 11 is 0. The van der Waals surface area contributed by atoms with E-state index >= 15 is 0 Å². The zero-order chi connectivity index (χ0) is 19.4. The molecule has 2 aromatic carbocycles. The van der Waals surface area contributed by atoms with Crippen LogP contribution in [0.25, 0.3) is 10.9 Å². The summed E-state index contributed by atoms with van der Waals surface area (Å²) in [6.07, 6.45) is 1.36. The summed E-state index contributed by atoms with van der Waals surface area (Å²) in [4.78, 5) is 15.4. The lowest BCUT2D eigenvalue weighted by Gasteiger charge is -2.12. The van der Waals surface area contributed by atoms with Gasteiger partial charge in [0.15, 0.2) is 11.5 Å². The van der Waals surface area contributed by atoms with Crippen LogP contribution in [0.15, 0.2) is 41.5 Å². The van der Waals surface area contributed by atoms with Gasteiger partial charge in [-0.3, -0.25) is 4.79 Å². The molecular weight excluding hydrogens is 350 g/mol. The monoisotopic (exact) mass is 369 g/mol. The van der Waals surface area contributed by atoms with Crippen molar-refractivity contribution in [2.24, 2.45) is 5.10 Å². The zero-order valence-electron chi connectivity index (χ0n) is 15.1. The molecule has 3 rings (SSSR count). The van der Waals surface area contributed by atoms with Crippen LogP contribution >= 0.6 is 0 Å². The second kappa shape index (κ2) is 7.69. The minimum absolute atomic E-state index is 0.0741. The van der Waals surface area contributed by atoms with Crippen molar-refractivity contribution in [2.75, 3.05) is 21.3 Å². The molecule has 1 heterocycles. The number of fused-ring (bicyclic) bond motifs is 1. The summed E-state index contributed by atoms with van der Waals surface area (Å²) < 4.78 is 16.1. The average Bonchev–Trinajstić information content (AvgIpc) is 3.11. The van der Waals surface area contributed by atoms with Crippen molar-refractivity contribution >= 4 is 23.0 Å². The number of nitrogens with zero attached hydrogens (tertiary/aromatic N) is 1. The van der Waals surface area contributed by atoms with Crippen LogP contribution < -0.4 is 19.6 Å². The molecule has 3 N–H and O–H groups in total. The fourth-order valence-electron chi connectivity index (χ4n) is 2.69. The first-order valence-corrected chi connectivity index (χ1v) is 8.02. The number of aromatic amines is 1. The maximum absolute atomic E-state index is 12.4. The maximum Gasteiger partial charge on any atom is 0.287 e. The molecule has 0 saturated heterocycles. The molecule has 0 unspecified atom stereocenters. The summed E-state index contributed by atoms with van der Waals surface area (Å²) in [5, 5.41) is 14.2. The molecule has 0 atom stereocenters. The quantitative estimate of drug-likeness (QED) is 0.458. The lowest BCUT2D eigenvalue weighted by atomic mass is 10.2. The molecular formula is C19H19N3O5. The van der Waals surface area contributed by atoms with Crippen molar-refractivity contribution in [3.8, 4) is 23.0 Å². The molecule has 140 valence electrons. The number of H-pyrrole nitrogens is 1. The van der Waals surface area contributed by atoms with E-state index in [-0.39, 0.29) is 11.4 Å². The van der Waals surface area contributed by atoms with Crippen LogP contribution in [0.4, 0.5) is 0 Å². The first-order chi connectivity index (χ1) is 13.1. The Bertz CT molecular complexity index is 1010. The highest BCUT2D eigenvalue weighted by molar-refractivity contribution is 6.01. The number of hydrogen-bond acceptors (Lipinski definition) is 6. The summed E-state index contributed by atoms with van der Waals surface area (Å²) in [6.45, 7) is 0. The van der Waals surface area contributed by atoms with E-state index in [2.05, 4.69) is 15.5 Å². The number of benzene rings is 2. The molecule has 0 aliphatic rings. The van der Waals surface area contributed by atoms with E-state index in [0.29, 0.717) is 33.7 Å². The number of ether oxygens (including phenoxy) is 3. The van der Waals surface area contributed by atoms with Crippen molar-refractivity contribution < 1.29 is 24.1 Å². The van der Waals surface area contributed by atoms with Gasteiger partial charge in [-0.25, -0.2) is 5.43 Å². The fraction of sp³-hybridized carbons (Fsp3) is 0.158. The Balaban J connectivity index is 1.88. The number of methoxy groups -OCH3 is 3. The van der Waals surface area contributed by atoms with Crippen molar-refractivity contribution in [1.82, 2.24) is 10.4 Å². The third-order valence-corrected chi connectivity index (χ3v) is 3.98. The number of rotatable bonds is 6. The first-order valence-electron chi connectivity index (χ1n) is 8.02. The minimum atomic E-state index is -0.446. The Kier molecular flexibility index (Phi) is 5.16. The van der Waals surface area contributed by atoms with Crippen molar-refractivity contribution in [3.05, 3.63) is 47.7 Å². The van der Waals surface area contributed by atoms with E-state index in [1.165, 1.54) is 33.6 Å². The van der Waals surface area contributed by atoms with Crippen LogP contribution in [-0.2, 0) is 0 Å². The third kappa shape index (κ3) is 3.50. The molecule has 0 aliphatic heterocycles. The van der Waals surface area contributed by atoms with Gasteiger partial charge in [0.05, 0.1) is 33.1 Å². The number of hydrogen-bond donors (Lipinski definition) is 3. The summed E-state index contributed by atoms with van der Waals surface area (Å²) in [5.74, 6) is 1.01. The van der Waals surface area contributed by atoms with E-state index in [9.17, 15) is 9.90 Å². The fourth-order valence-corrected chi connectivity index (χ4v) is 2.69. The SMILES string of the molecule is COc1cc2[nH]c(C(=O)N/N=C/c3ccccc3O)cc2c(OC)c1OC. The van der Waals surface area contributed by atoms with Crippen LogP contribution in [0.2, 0.25) is 0 Å². The number of aromatic nitrogens is 1. The van der Waals surface area contributed by atoms with Gasteiger partial charge in [0.2, 0.25) is 5.75 Å². The van der Waals surface area contributed by atoms with Crippen LogP contribution in [0.5, 0.6) is 23.0 Å². The van der Waals surface area contributed by atoms with Gasteiger partial charge in [0, 0.05) is 17.0 Å². The van der Waals surface area contributed by atoms with Gasteiger partial charge in [0.1, 0.15) is 11.4 Å². The summed E-state index contributed by atoms with van der Waals surface area (Å²) in [6, 6.07) is 10.0. The molecule has 0 bridgehead atoms. The van der Waals surface area contributed by atoms with E-state index in [1.807, 2.05) is 0 Å². The van der Waals surface area contributed by atoms with E-state index in [1.54, 1.807) is 30.3 Å². The van der Waals surface area contributed by atoms with Gasteiger partial charge in [-0.15, -0.1) is 0 Å². The minimum Gasteiger partial charge on any atom is -0.507 e. The Labute approximate surface area is 155 Å². The van der Waals surface area contributed by atoms with Gasteiger partial charge in [-0.2, -0.15) is 5.10 Å². The van der Waals surface area contributed by atoms with Crippen molar-refractivity contribution in [2.45, 2.75) is 0 Å². The number of para-hydroxylation sites is 1.